The number of anilines is 1. The van der Waals surface area contributed by atoms with Crippen LogP contribution in [-0.2, 0) is 14.3 Å². The quantitative estimate of drug-likeness (QED) is 0.589. The van der Waals surface area contributed by atoms with Crippen LogP contribution in [0.15, 0.2) is 48.5 Å². The van der Waals surface area contributed by atoms with E-state index in [4.69, 9.17) is 9.47 Å². The SMILES string of the molecule is Cc1ccc(C(=O)COc2ccc(NC(=O)[C@@H]3[C@@H]4C[C@@H]5[C@H]3C(=O)O[C@@H]5C4)cc2)cc1. The molecule has 5 rings (SSSR count). The van der Waals surface area contributed by atoms with Crippen molar-refractivity contribution >= 4 is 23.3 Å². The number of rotatable bonds is 6. The molecule has 1 amide bonds. The first-order chi connectivity index (χ1) is 14.5. The molecule has 154 valence electrons. The van der Waals surface area contributed by atoms with Crippen LogP contribution in [0.5, 0.6) is 5.75 Å². The number of ketones is 1. The first kappa shape index (κ1) is 18.9. The molecule has 6 heteroatoms. The van der Waals surface area contributed by atoms with Crippen LogP contribution < -0.4 is 10.1 Å². The second kappa shape index (κ2) is 7.27. The Hall–Kier alpha value is -3.15. The lowest BCUT2D eigenvalue weighted by Gasteiger charge is -2.23. The second-order valence-electron chi connectivity index (χ2n) is 8.51. The zero-order valence-corrected chi connectivity index (χ0v) is 16.7. The molecule has 1 saturated heterocycles. The third kappa shape index (κ3) is 3.26. The molecule has 2 aliphatic carbocycles. The molecule has 0 unspecified atom stereocenters. The first-order valence-electron chi connectivity index (χ1n) is 10.3. The van der Waals surface area contributed by atoms with Gasteiger partial charge in [0.2, 0.25) is 5.91 Å². The molecule has 1 heterocycles. The van der Waals surface area contributed by atoms with E-state index in [1.165, 1.54) is 0 Å². The summed E-state index contributed by atoms with van der Waals surface area (Å²) in [5, 5.41) is 2.93. The highest BCUT2D eigenvalue weighted by atomic mass is 16.6. The fourth-order valence-corrected chi connectivity index (χ4v) is 5.19. The summed E-state index contributed by atoms with van der Waals surface area (Å²) < 4.78 is 11.0. The van der Waals surface area contributed by atoms with Crippen molar-refractivity contribution in [1.29, 1.82) is 0 Å². The third-order valence-corrected chi connectivity index (χ3v) is 6.65. The summed E-state index contributed by atoms with van der Waals surface area (Å²) in [5.41, 5.74) is 2.35. The van der Waals surface area contributed by atoms with E-state index >= 15 is 0 Å². The summed E-state index contributed by atoms with van der Waals surface area (Å²) in [7, 11) is 0. The summed E-state index contributed by atoms with van der Waals surface area (Å²) in [5.74, 6) is -0.0263. The second-order valence-corrected chi connectivity index (χ2v) is 8.51. The zero-order chi connectivity index (χ0) is 20.8. The van der Waals surface area contributed by atoms with Crippen LogP contribution in [0.25, 0.3) is 0 Å². The predicted molar refractivity (Wildman–Crippen MR) is 109 cm³/mol. The number of amides is 1. The van der Waals surface area contributed by atoms with Gasteiger partial charge < -0.3 is 14.8 Å². The zero-order valence-electron chi connectivity index (χ0n) is 16.7. The molecule has 6 nitrogen and oxygen atoms in total. The Labute approximate surface area is 174 Å². The number of fused-ring (bicyclic) bond motifs is 1. The Morgan fingerprint density at radius 2 is 1.80 bits per heavy atom. The van der Waals surface area contributed by atoms with Gasteiger partial charge in [-0.2, -0.15) is 0 Å². The molecular weight excluding hydrogens is 382 g/mol. The van der Waals surface area contributed by atoms with Crippen LogP contribution >= 0.6 is 0 Å². The van der Waals surface area contributed by atoms with Crippen LogP contribution in [-0.4, -0.2) is 30.4 Å². The molecule has 2 bridgehead atoms. The molecule has 2 aromatic rings. The van der Waals surface area contributed by atoms with Gasteiger partial charge in [0.15, 0.2) is 12.4 Å². The Kier molecular flexibility index (Phi) is 4.57. The number of esters is 1. The van der Waals surface area contributed by atoms with E-state index in [1.807, 2.05) is 19.1 Å². The van der Waals surface area contributed by atoms with Gasteiger partial charge in [-0.25, -0.2) is 0 Å². The van der Waals surface area contributed by atoms with Gasteiger partial charge in [0.25, 0.3) is 0 Å². The molecule has 0 spiro atoms. The lowest BCUT2D eigenvalue weighted by Crippen LogP contribution is -2.35. The molecule has 3 aliphatic rings. The van der Waals surface area contributed by atoms with Crippen molar-refractivity contribution < 1.29 is 23.9 Å². The van der Waals surface area contributed by atoms with E-state index in [2.05, 4.69) is 5.32 Å². The van der Waals surface area contributed by atoms with Crippen molar-refractivity contribution in [3.63, 3.8) is 0 Å². The molecule has 2 aromatic carbocycles. The number of carbonyl (C=O) groups is 3. The van der Waals surface area contributed by atoms with E-state index in [0.717, 1.165) is 18.4 Å². The van der Waals surface area contributed by atoms with Crippen LogP contribution in [0.2, 0.25) is 0 Å². The van der Waals surface area contributed by atoms with E-state index in [0.29, 0.717) is 17.0 Å². The average Bonchev–Trinajstić information content (AvgIpc) is 3.36. The number of benzene rings is 2. The minimum Gasteiger partial charge on any atom is -0.485 e. The Balaban J connectivity index is 1.17. The smallest absolute Gasteiger partial charge is 0.310 e. The van der Waals surface area contributed by atoms with Crippen molar-refractivity contribution in [3.05, 3.63) is 59.7 Å². The monoisotopic (exact) mass is 405 g/mol. The lowest BCUT2D eigenvalue weighted by atomic mass is 9.79. The largest absolute Gasteiger partial charge is 0.485 e. The van der Waals surface area contributed by atoms with E-state index < -0.39 is 0 Å². The number of hydrogen-bond donors (Lipinski definition) is 1. The van der Waals surface area contributed by atoms with Crippen molar-refractivity contribution in [2.24, 2.45) is 23.7 Å². The van der Waals surface area contributed by atoms with Gasteiger partial charge in [-0.05, 0) is 49.9 Å². The van der Waals surface area contributed by atoms with Crippen LogP contribution in [0, 0.1) is 30.6 Å². The maximum Gasteiger partial charge on any atom is 0.310 e. The molecule has 1 N–H and O–H groups in total. The van der Waals surface area contributed by atoms with E-state index in [1.54, 1.807) is 36.4 Å². The van der Waals surface area contributed by atoms with Gasteiger partial charge in [0.05, 0.1) is 11.8 Å². The van der Waals surface area contributed by atoms with Gasteiger partial charge in [-0.3, -0.25) is 14.4 Å². The third-order valence-electron chi connectivity index (χ3n) is 6.65. The number of nitrogens with one attached hydrogen (secondary N) is 1. The average molecular weight is 405 g/mol. The lowest BCUT2D eigenvalue weighted by molar-refractivity contribution is -0.145. The number of hydrogen-bond acceptors (Lipinski definition) is 5. The first-order valence-corrected chi connectivity index (χ1v) is 10.3. The summed E-state index contributed by atoms with van der Waals surface area (Å²) in [6, 6.07) is 14.3. The fraction of sp³-hybridized carbons (Fsp3) is 0.375. The number of Topliss-reactive ketones (excluding diaryl/α,β-unsaturated/α-hetero) is 1. The molecule has 1 aliphatic heterocycles. The van der Waals surface area contributed by atoms with Crippen LogP contribution in [0.1, 0.15) is 28.8 Å². The minimum atomic E-state index is -0.302. The van der Waals surface area contributed by atoms with E-state index in [-0.39, 0.29) is 54.0 Å². The molecule has 0 radical (unpaired) electrons. The number of aryl methyl sites for hydroxylation is 1. The number of ether oxygens (including phenoxy) is 2. The van der Waals surface area contributed by atoms with Gasteiger partial charge in [-0.15, -0.1) is 0 Å². The molecular formula is C24H23NO5. The van der Waals surface area contributed by atoms with Gasteiger partial charge in [-0.1, -0.05) is 29.8 Å². The maximum atomic E-state index is 12.8. The van der Waals surface area contributed by atoms with Crippen molar-refractivity contribution in [2.45, 2.75) is 25.9 Å². The molecule has 2 saturated carbocycles. The predicted octanol–water partition coefficient (Wildman–Crippen LogP) is 3.39. The van der Waals surface area contributed by atoms with Gasteiger partial charge >= 0.3 is 5.97 Å². The van der Waals surface area contributed by atoms with Crippen LogP contribution in [0.3, 0.4) is 0 Å². The van der Waals surface area contributed by atoms with Crippen molar-refractivity contribution in [1.82, 2.24) is 0 Å². The van der Waals surface area contributed by atoms with Gasteiger partial charge in [0.1, 0.15) is 11.9 Å². The highest BCUT2D eigenvalue weighted by Gasteiger charge is 2.63. The number of carbonyl (C=O) groups excluding carboxylic acids is 3. The fourth-order valence-electron chi connectivity index (χ4n) is 5.19. The highest BCUT2D eigenvalue weighted by Crippen LogP contribution is 2.57. The Morgan fingerprint density at radius 1 is 1.07 bits per heavy atom. The Bertz CT molecular complexity index is 995. The summed E-state index contributed by atoms with van der Waals surface area (Å²) in [4.78, 5) is 37.1. The standard InChI is InChI=1S/C24H23NO5/c1-13-2-4-14(5-3-13)19(26)12-29-17-8-6-16(7-9-17)25-23(27)21-15-10-18-20(11-15)30-24(28)22(18)21/h2-9,15,18,20-22H,10-12H2,1H3,(H,25,27)/t15-,18+,20-,21-,22-/m1/s1. The minimum absolute atomic E-state index is 0.0237. The highest BCUT2D eigenvalue weighted by molar-refractivity contribution is 5.98. The van der Waals surface area contributed by atoms with Crippen LogP contribution in [0.4, 0.5) is 5.69 Å². The Morgan fingerprint density at radius 3 is 2.53 bits per heavy atom. The molecule has 3 fully saturated rings. The molecule has 0 aromatic heterocycles. The molecule has 5 atom stereocenters. The van der Waals surface area contributed by atoms with Crippen molar-refractivity contribution in [3.8, 4) is 5.75 Å². The van der Waals surface area contributed by atoms with Gasteiger partial charge in [0, 0.05) is 17.2 Å². The summed E-state index contributed by atoms with van der Waals surface area (Å²) >= 11 is 0. The topological polar surface area (TPSA) is 81.7 Å². The summed E-state index contributed by atoms with van der Waals surface area (Å²) in [6.07, 6.45) is 1.73. The summed E-state index contributed by atoms with van der Waals surface area (Å²) in [6.45, 7) is 1.92. The normalized spacial score (nSPS) is 28.3. The van der Waals surface area contributed by atoms with Crippen molar-refractivity contribution in [2.75, 3.05) is 11.9 Å². The maximum absolute atomic E-state index is 12.8. The van der Waals surface area contributed by atoms with E-state index in [9.17, 15) is 14.4 Å². The molecule has 30 heavy (non-hydrogen) atoms.